The lowest BCUT2D eigenvalue weighted by Gasteiger charge is -2.00. The highest BCUT2D eigenvalue weighted by Crippen LogP contribution is 2.20. The van der Waals surface area contributed by atoms with E-state index in [1.54, 1.807) is 24.0 Å². The van der Waals surface area contributed by atoms with Crippen LogP contribution >= 0.6 is 11.6 Å². The molecule has 0 unspecified atom stereocenters. The van der Waals surface area contributed by atoms with Crippen LogP contribution in [0.1, 0.15) is 16.1 Å². The highest BCUT2D eigenvalue weighted by Gasteiger charge is 2.20. The molecule has 0 N–H and O–H groups in total. The van der Waals surface area contributed by atoms with Gasteiger partial charge < -0.3 is 0 Å². The fourth-order valence-corrected chi connectivity index (χ4v) is 2.15. The number of carbonyl (C=O) groups is 1. The Hall–Kier alpha value is -2.14. The number of hydrogen-bond donors (Lipinski definition) is 0. The van der Waals surface area contributed by atoms with E-state index in [0.717, 1.165) is 5.52 Å². The zero-order valence-electron chi connectivity index (χ0n) is 9.54. The Bertz CT molecular complexity index is 724. The molecule has 0 radical (unpaired) electrons. The van der Waals surface area contributed by atoms with E-state index in [1.807, 2.05) is 18.2 Å². The number of hydrogen-bond acceptors (Lipinski definition) is 3. The Labute approximate surface area is 108 Å². The summed E-state index contributed by atoms with van der Waals surface area (Å²) in [6.45, 7) is 0. The van der Waals surface area contributed by atoms with Crippen molar-refractivity contribution in [3.05, 3.63) is 53.1 Å². The lowest BCUT2D eigenvalue weighted by Crippen LogP contribution is -2.08. The first kappa shape index (κ1) is 11.0. The molecule has 3 rings (SSSR count). The van der Waals surface area contributed by atoms with Crippen LogP contribution in [0.15, 0.2) is 36.8 Å². The van der Waals surface area contributed by atoms with E-state index in [0.29, 0.717) is 16.3 Å². The Balaban J connectivity index is 2.19. The minimum absolute atomic E-state index is 0.179. The van der Waals surface area contributed by atoms with Crippen molar-refractivity contribution in [2.24, 2.45) is 7.05 Å². The van der Waals surface area contributed by atoms with Gasteiger partial charge in [-0.05, 0) is 12.1 Å². The normalized spacial score (nSPS) is 11.0. The molecule has 0 aromatic carbocycles. The van der Waals surface area contributed by atoms with Crippen LogP contribution in [0.4, 0.5) is 0 Å². The lowest BCUT2D eigenvalue weighted by molar-refractivity contribution is 0.103. The first-order valence-corrected chi connectivity index (χ1v) is 5.71. The number of pyridine rings is 1. The van der Waals surface area contributed by atoms with Gasteiger partial charge in [-0.15, -0.1) is 0 Å². The van der Waals surface area contributed by atoms with Crippen molar-refractivity contribution in [1.29, 1.82) is 0 Å². The van der Waals surface area contributed by atoms with E-state index in [-0.39, 0.29) is 5.78 Å². The Morgan fingerprint density at radius 3 is 2.83 bits per heavy atom. The molecular formula is C12H9ClN4O. The number of fused-ring (bicyclic) bond motifs is 1. The molecule has 0 saturated carbocycles. The number of halogens is 1. The molecule has 3 aromatic heterocycles. The van der Waals surface area contributed by atoms with Crippen LogP contribution < -0.4 is 0 Å². The lowest BCUT2D eigenvalue weighted by atomic mass is 10.1. The van der Waals surface area contributed by atoms with Gasteiger partial charge in [-0.3, -0.25) is 9.48 Å². The Morgan fingerprint density at radius 1 is 1.28 bits per heavy atom. The van der Waals surface area contributed by atoms with E-state index < -0.39 is 0 Å². The molecule has 0 spiro atoms. The monoisotopic (exact) mass is 260 g/mol. The van der Waals surface area contributed by atoms with Crippen molar-refractivity contribution in [1.82, 2.24) is 19.4 Å². The van der Waals surface area contributed by atoms with Gasteiger partial charge in [0.2, 0.25) is 5.78 Å². The van der Waals surface area contributed by atoms with Crippen molar-refractivity contribution < 1.29 is 4.79 Å². The summed E-state index contributed by atoms with van der Waals surface area (Å²) in [5.41, 5.74) is 1.64. The van der Waals surface area contributed by atoms with Crippen molar-refractivity contribution >= 4 is 22.9 Å². The summed E-state index contributed by atoms with van der Waals surface area (Å²) < 4.78 is 3.12. The molecule has 18 heavy (non-hydrogen) atoms. The summed E-state index contributed by atoms with van der Waals surface area (Å²) in [5.74, 6) is -0.179. The number of rotatable bonds is 2. The zero-order chi connectivity index (χ0) is 12.7. The van der Waals surface area contributed by atoms with Crippen molar-refractivity contribution in [2.75, 3.05) is 0 Å². The number of nitrogens with zero attached hydrogens (tertiary/aromatic N) is 4. The molecular weight excluding hydrogens is 252 g/mol. The van der Waals surface area contributed by atoms with Crippen molar-refractivity contribution in [2.45, 2.75) is 0 Å². The summed E-state index contributed by atoms with van der Waals surface area (Å²) in [7, 11) is 1.69. The highest BCUT2D eigenvalue weighted by molar-refractivity contribution is 6.34. The smallest absolute Gasteiger partial charge is 0.216 e. The van der Waals surface area contributed by atoms with Crippen LogP contribution in [0.5, 0.6) is 0 Å². The molecule has 5 nitrogen and oxygen atoms in total. The number of aromatic nitrogens is 4. The van der Waals surface area contributed by atoms with Crippen LogP contribution in [0.2, 0.25) is 5.02 Å². The average Bonchev–Trinajstić information content (AvgIpc) is 2.93. The van der Waals surface area contributed by atoms with E-state index in [4.69, 9.17) is 11.6 Å². The second-order valence-corrected chi connectivity index (χ2v) is 4.29. The van der Waals surface area contributed by atoms with Gasteiger partial charge in [-0.2, -0.15) is 10.2 Å². The third-order valence-electron chi connectivity index (χ3n) is 2.78. The fraction of sp³-hybridized carbons (Fsp3) is 0.0833. The molecule has 0 fully saturated rings. The third-order valence-corrected chi connectivity index (χ3v) is 3.06. The Kier molecular flexibility index (Phi) is 2.41. The minimum Gasteiger partial charge on any atom is -0.287 e. The molecule has 6 heteroatoms. The van der Waals surface area contributed by atoms with Crippen LogP contribution in [0, 0.1) is 0 Å². The highest BCUT2D eigenvalue weighted by atomic mass is 35.5. The quantitative estimate of drug-likeness (QED) is 0.662. The molecule has 0 amide bonds. The van der Waals surface area contributed by atoms with Crippen LogP contribution in [0.25, 0.3) is 5.52 Å². The van der Waals surface area contributed by atoms with Crippen LogP contribution in [0.3, 0.4) is 0 Å². The minimum atomic E-state index is -0.179. The number of carbonyl (C=O) groups excluding carboxylic acids is 1. The predicted octanol–water partition coefficient (Wildman–Crippen LogP) is 1.95. The van der Waals surface area contributed by atoms with Crippen LogP contribution in [-0.2, 0) is 7.05 Å². The fourth-order valence-electron chi connectivity index (χ4n) is 1.90. The van der Waals surface area contributed by atoms with Gasteiger partial charge >= 0.3 is 0 Å². The Morgan fingerprint density at radius 2 is 2.11 bits per heavy atom. The molecule has 0 aliphatic carbocycles. The van der Waals surface area contributed by atoms with E-state index in [1.165, 1.54) is 10.9 Å². The van der Waals surface area contributed by atoms with Gasteiger partial charge in [0.15, 0.2) is 0 Å². The predicted molar refractivity (Wildman–Crippen MR) is 66.8 cm³/mol. The third kappa shape index (κ3) is 1.52. The molecule has 3 heterocycles. The average molecular weight is 261 g/mol. The standard InChI is InChI=1S/C12H9ClN4O/c1-16-11(9(13)7-14-16)12(18)8-6-15-17-5-3-2-4-10(8)17/h2-7H,1H3. The summed E-state index contributed by atoms with van der Waals surface area (Å²) >= 11 is 5.98. The molecule has 0 saturated heterocycles. The van der Waals surface area contributed by atoms with Crippen LogP contribution in [-0.4, -0.2) is 25.2 Å². The first-order valence-electron chi connectivity index (χ1n) is 5.33. The molecule has 0 aliphatic heterocycles. The van der Waals surface area contributed by atoms with Gasteiger partial charge in [0.25, 0.3) is 0 Å². The summed E-state index contributed by atoms with van der Waals surface area (Å²) in [6, 6.07) is 5.55. The molecule has 0 aliphatic rings. The summed E-state index contributed by atoms with van der Waals surface area (Å²) in [4.78, 5) is 12.4. The zero-order valence-corrected chi connectivity index (χ0v) is 10.3. The van der Waals surface area contributed by atoms with Gasteiger partial charge in [0, 0.05) is 13.2 Å². The van der Waals surface area contributed by atoms with Gasteiger partial charge in [-0.1, -0.05) is 17.7 Å². The molecule has 3 aromatic rings. The molecule has 90 valence electrons. The summed E-state index contributed by atoms with van der Waals surface area (Å²) in [6.07, 6.45) is 4.79. The number of aryl methyl sites for hydroxylation is 1. The second-order valence-electron chi connectivity index (χ2n) is 3.88. The maximum Gasteiger partial charge on any atom is 0.216 e. The summed E-state index contributed by atoms with van der Waals surface area (Å²) in [5, 5.41) is 8.44. The van der Waals surface area contributed by atoms with E-state index in [2.05, 4.69) is 10.2 Å². The van der Waals surface area contributed by atoms with Gasteiger partial charge in [-0.25, -0.2) is 4.52 Å². The van der Waals surface area contributed by atoms with E-state index in [9.17, 15) is 4.79 Å². The van der Waals surface area contributed by atoms with E-state index >= 15 is 0 Å². The maximum absolute atomic E-state index is 12.4. The first-order chi connectivity index (χ1) is 8.68. The van der Waals surface area contributed by atoms with Gasteiger partial charge in [0.05, 0.1) is 28.5 Å². The largest absolute Gasteiger partial charge is 0.287 e. The SMILES string of the molecule is Cn1ncc(Cl)c1C(=O)c1cnn2ccccc12. The van der Waals surface area contributed by atoms with Gasteiger partial charge in [0.1, 0.15) is 5.69 Å². The maximum atomic E-state index is 12.4. The molecule has 0 bridgehead atoms. The van der Waals surface area contributed by atoms with Crippen molar-refractivity contribution in [3.8, 4) is 0 Å². The van der Waals surface area contributed by atoms with Crippen molar-refractivity contribution in [3.63, 3.8) is 0 Å². The second kappa shape index (κ2) is 3.96. The molecule has 0 atom stereocenters. The topological polar surface area (TPSA) is 52.2 Å². The number of ketones is 1.